The molecule has 1 aromatic heterocycles. The van der Waals surface area contributed by atoms with E-state index in [1.807, 2.05) is 32.0 Å². The Bertz CT molecular complexity index is 792. The number of para-hydroxylation sites is 1. The third-order valence-corrected chi connectivity index (χ3v) is 4.79. The summed E-state index contributed by atoms with van der Waals surface area (Å²) in [5, 5.41) is 2.83. The first kappa shape index (κ1) is 20.6. The minimum absolute atomic E-state index is 0.0290. The zero-order chi connectivity index (χ0) is 20.6. The van der Waals surface area contributed by atoms with Crippen molar-refractivity contribution in [1.29, 1.82) is 0 Å². The van der Waals surface area contributed by atoms with Crippen molar-refractivity contribution in [1.82, 2.24) is 20.2 Å². The van der Waals surface area contributed by atoms with Gasteiger partial charge in [-0.3, -0.25) is 9.59 Å². The van der Waals surface area contributed by atoms with Gasteiger partial charge in [-0.05, 0) is 24.1 Å². The van der Waals surface area contributed by atoms with Crippen LogP contribution in [0.3, 0.4) is 0 Å². The van der Waals surface area contributed by atoms with E-state index in [0.717, 1.165) is 0 Å². The topological polar surface area (TPSA) is 87.7 Å². The molecular formula is C21H27N5O3. The van der Waals surface area contributed by atoms with Crippen molar-refractivity contribution in [3.05, 3.63) is 48.8 Å². The number of hydrogen-bond donors (Lipinski definition) is 1. The molecule has 0 spiro atoms. The van der Waals surface area contributed by atoms with Gasteiger partial charge in [0.25, 0.3) is 5.91 Å². The van der Waals surface area contributed by atoms with Crippen molar-refractivity contribution >= 4 is 17.8 Å². The molecule has 1 N–H and O–H groups in total. The largest absolute Gasteiger partial charge is 0.484 e. The molecule has 154 valence electrons. The lowest BCUT2D eigenvalue weighted by Crippen LogP contribution is -2.57. The molecule has 1 atom stereocenters. The van der Waals surface area contributed by atoms with E-state index in [2.05, 4.69) is 20.2 Å². The van der Waals surface area contributed by atoms with Crippen LogP contribution in [0.5, 0.6) is 5.75 Å². The van der Waals surface area contributed by atoms with Gasteiger partial charge in [-0.1, -0.05) is 32.0 Å². The van der Waals surface area contributed by atoms with Crippen LogP contribution in [0.1, 0.15) is 13.8 Å². The molecule has 1 saturated heterocycles. The number of carbonyl (C=O) groups is 2. The second-order valence-corrected chi connectivity index (χ2v) is 7.25. The molecule has 29 heavy (non-hydrogen) atoms. The van der Waals surface area contributed by atoms with Gasteiger partial charge in [0.15, 0.2) is 6.61 Å². The van der Waals surface area contributed by atoms with Gasteiger partial charge in [-0.2, -0.15) is 0 Å². The van der Waals surface area contributed by atoms with Gasteiger partial charge in [-0.25, -0.2) is 9.97 Å². The van der Waals surface area contributed by atoms with Crippen molar-refractivity contribution in [3.8, 4) is 5.75 Å². The molecule has 8 heteroatoms. The number of benzene rings is 1. The maximum Gasteiger partial charge on any atom is 0.258 e. The highest BCUT2D eigenvalue weighted by Crippen LogP contribution is 2.13. The van der Waals surface area contributed by atoms with E-state index < -0.39 is 6.04 Å². The third-order valence-electron chi connectivity index (χ3n) is 4.79. The van der Waals surface area contributed by atoms with Gasteiger partial charge >= 0.3 is 0 Å². The maximum atomic E-state index is 13.0. The fraction of sp³-hybridized carbons (Fsp3) is 0.429. The Hall–Kier alpha value is -3.16. The molecular weight excluding hydrogens is 370 g/mol. The predicted molar refractivity (Wildman–Crippen MR) is 110 cm³/mol. The van der Waals surface area contributed by atoms with Crippen LogP contribution in [0.4, 0.5) is 5.95 Å². The first-order valence-corrected chi connectivity index (χ1v) is 9.82. The van der Waals surface area contributed by atoms with Gasteiger partial charge in [0.1, 0.15) is 11.8 Å². The molecule has 1 unspecified atom stereocenters. The molecule has 1 aliphatic heterocycles. The SMILES string of the molecule is CC(C)C(NC(=O)COc1ccccc1)C(=O)N1CCN(c2ncccn2)CC1. The van der Waals surface area contributed by atoms with E-state index in [1.54, 1.807) is 35.5 Å². The zero-order valence-corrected chi connectivity index (χ0v) is 16.8. The highest BCUT2D eigenvalue weighted by Gasteiger charge is 2.31. The molecule has 0 bridgehead atoms. The van der Waals surface area contributed by atoms with Crippen LogP contribution in [0.15, 0.2) is 48.8 Å². The van der Waals surface area contributed by atoms with Crippen LogP contribution >= 0.6 is 0 Å². The molecule has 1 aromatic carbocycles. The Morgan fingerprint density at radius 2 is 1.69 bits per heavy atom. The summed E-state index contributed by atoms with van der Waals surface area (Å²) in [7, 11) is 0. The molecule has 8 nitrogen and oxygen atoms in total. The second-order valence-electron chi connectivity index (χ2n) is 7.25. The van der Waals surface area contributed by atoms with Gasteiger partial charge in [0.2, 0.25) is 11.9 Å². The number of ether oxygens (including phenoxy) is 1. The Morgan fingerprint density at radius 1 is 1.03 bits per heavy atom. The minimum Gasteiger partial charge on any atom is -0.484 e. The van der Waals surface area contributed by atoms with E-state index in [4.69, 9.17) is 4.74 Å². The smallest absolute Gasteiger partial charge is 0.258 e. The van der Waals surface area contributed by atoms with Crippen LogP contribution in [0, 0.1) is 5.92 Å². The number of piperazine rings is 1. The lowest BCUT2D eigenvalue weighted by molar-refractivity contribution is -0.138. The molecule has 1 aliphatic rings. The number of aromatic nitrogens is 2. The fourth-order valence-corrected chi connectivity index (χ4v) is 3.17. The first-order valence-electron chi connectivity index (χ1n) is 9.82. The van der Waals surface area contributed by atoms with Crippen molar-refractivity contribution in [2.75, 3.05) is 37.7 Å². The predicted octanol–water partition coefficient (Wildman–Crippen LogP) is 1.34. The summed E-state index contributed by atoms with van der Waals surface area (Å²) in [5.41, 5.74) is 0. The Kier molecular flexibility index (Phi) is 6.99. The maximum absolute atomic E-state index is 13.0. The highest BCUT2D eigenvalue weighted by molar-refractivity contribution is 5.88. The van der Waals surface area contributed by atoms with E-state index in [-0.39, 0.29) is 24.3 Å². The average Bonchev–Trinajstić information content (AvgIpc) is 2.77. The number of hydrogen-bond acceptors (Lipinski definition) is 6. The Morgan fingerprint density at radius 3 is 2.31 bits per heavy atom. The summed E-state index contributed by atoms with van der Waals surface area (Å²) in [5.74, 6) is 0.887. The van der Waals surface area contributed by atoms with Gasteiger partial charge < -0.3 is 19.9 Å². The van der Waals surface area contributed by atoms with Crippen molar-refractivity contribution < 1.29 is 14.3 Å². The molecule has 0 radical (unpaired) electrons. The monoisotopic (exact) mass is 397 g/mol. The van der Waals surface area contributed by atoms with Crippen LogP contribution in [0.2, 0.25) is 0 Å². The molecule has 0 aliphatic carbocycles. The van der Waals surface area contributed by atoms with Crippen LogP contribution in [0.25, 0.3) is 0 Å². The molecule has 2 aromatic rings. The standard InChI is InChI=1S/C21H27N5O3/c1-16(2)19(24-18(27)15-29-17-7-4-3-5-8-17)20(28)25-11-13-26(14-12-25)21-22-9-6-10-23-21/h3-10,16,19H,11-15H2,1-2H3,(H,24,27). The number of nitrogens with one attached hydrogen (secondary N) is 1. The molecule has 2 heterocycles. The van der Waals surface area contributed by atoms with Crippen molar-refractivity contribution in [2.45, 2.75) is 19.9 Å². The van der Waals surface area contributed by atoms with E-state index in [9.17, 15) is 9.59 Å². The first-order chi connectivity index (χ1) is 14.0. The molecule has 2 amide bonds. The normalized spacial score (nSPS) is 15.1. The van der Waals surface area contributed by atoms with Crippen LogP contribution < -0.4 is 15.0 Å². The van der Waals surface area contributed by atoms with E-state index in [0.29, 0.717) is 37.9 Å². The average molecular weight is 397 g/mol. The lowest BCUT2D eigenvalue weighted by Gasteiger charge is -2.37. The van der Waals surface area contributed by atoms with Crippen LogP contribution in [-0.4, -0.2) is 65.5 Å². The van der Waals surface area contributed by atoms with E-state index in [1.165, 1.54) is 0 Å². The van der Waals surface area contributed by atoms with Gasteiger partial charge in [0, 0.05) is 38.6 Å². The van der Waals surface area contributed by atoms with Gasteiger partial charge in [0.05, 0.1) is 0 Å². The van der Waals surface area contributed by atoms with Crippen molar-refractivity contribution in [2.24, 2.45) is 5.92 Å². The van der Waals surface area contributed by atoms with Gasteiger partial charge in [-0.15, -0.1) is 0 Å². The molecule has 0 saturated carbocycles. The summed E-state index contributed by atoms with van der Waals surface area (Å²) in [6, 6.07) is 10.3. The quantitative estimate of drug-likeness (QED) is 0.759. The van der Waals surface area contributed by atoms with Crippen LogP contribution in [-0.2, 0) is 9.59 Å². The summed E-state index contributed by atoms with van der Waals surface area (Å²) >= 11 is 0. The third kappa shape index (κ3) is 5.66. The Balaban J connectivity index is 1.52. The summed E-state index contributed by atoms with van der Waals surface area (Å²) in [4.78, 5) is 37.7. The number of carbonyl (C=O) groups excluding carboxylic acids is 2. The Labute approximate surface area is 170 Å². The minimum atomic E-state index is -0.582. The van der Waals surface area contributed by atoms with Crippen molar-refractivity contribution in [3.63, 3.8) is 0 Å². The number of rotatable bonds is 7. The number of nitrogens with zero attached hydrogens (tertiary/aromatic N) is 4. The number of anilines is 1. The molecule has 3 rings (SSSR count). The van der Waals surface area contributed by atoms with E-state index >= 15 is 0 Å². The highest BCUT2D eigenvalue weighted by atomic mass is 16.5. The molecule has 1 fully saturated rings. The summed E-state index contributed by atoms with van der Waals surface area (Å²) in [6.45, 7) is 6.17. The fourth-order valence-electron chi connectivity index (χ4n) is 3.17. The number of amides is 2. The zero-order valence-electron chi connectivity index (χ0n) is 16.8. The summed E-state index contributed by atoms with van der Waals surface area (Å²) < 4.78 is 5.48. The second kappa shape index (κ2) is 9.86. The summed E-state index contributed by atoms with van der Waals surface area (Å²) in [6.07, 6.45) is 3.42. The lowest BCUT2D eigenvalue weighted by atomic mass is 10.0.